The predicted octanol–water partition coefficient (Wildman–Crippen LogP) is 2.93. The van der Waals surface area contributed by atoms with Gasteiger partial charge in [0.15, 0.2) is 0 Å². The molecule has 4 heteroatoms. The normalized spacial score (nSPS) is 10.1. The number of hydrogen-bond donors (Lipinski definition) is 1. The Labute approximate surface area is 124 Å². The molecule has 1 heterocycles. The summed E-state index contributed by atoms with van der Waals surface area (Å²) in [5.41, 5.74) is 3.35. The molecule has 2 rings (SSSR count). The third-order valence-corrected chi connectivity index (χ3v) is 3.12. The van der Waals surface area contributed by atoms with Gasteiger partial charge in [-0.1, -0.05) is 43.0 Å². The van der Waals surface area contributed by atoms with Crippen LogP contribution < -0.4 is 5.32 Å². The van der Waals surface area contributed by atoms with Gasteiger partial charge in [-0.25, -0.2) is 4.98 Å². The van der Waals surface area contributed by atoms with Gasteiger partial charge >= 0.3 is 0 Å². The summed E-state index contributed by atoms with van der Waals surface area (Å²) in [5.74, 6) is -0.152. The highest BCUT2D eigenvalue weighted by Gasteiger charge is 2.13. The summed E-state index contributed by atoms with van der Waals surface area (Å²) in [7, 11) is 0. The maximum absolute atomic E-state index is 11.7. The second-order valence-electron chi connectivity index (χ2n) is 4.81. The summed E-state index contributed by atoms with van der Waals surface area (Å²) in [5, 5.41) is 2.86. The molecule has 2 aromatic rings. The van der Waals surface area contributed by atoms with Gasteiger partial charge in [0.05, 0.1) is 24.3 Å². The third-order valence-electron chi connectivity index (χ3n) is 3.12. The molecule has 0 aliphatic rings. The molecule has 1 aromatic carbocycles. The number of amides is 1. The van der Waals surface area contributed by atoms with E-state index in [1.165, 1.54) is 0 Å². The SMILES string of the molecule is C=CCn1cnc(-c2ccccc2)c1CNC(=O)C(=C)C. The quantitative estimate of drug-likeness (QED) is 0.653. The molecule has 0 bridgehead atoms. The number of rotatable bonds is 6. The molecule has 0 saturated heterocycles. The van der Waals surface area contributed by atoms with Crippen LogP contribution in [0.5, 0.6) is 0 Å². The first-order valence-electron chi connectivity index (χ1n) is 6.77. The molecule has 0 saturated carbocycles. The third kappa shape index (κ3) is 3.48. The van der Waals surface area contributed by atoms with Crippen molar-refractivity contribution in [3.63, 3.8) is 0 Å². The highest BCUT2D eigenvalue weighted by molar-refractivity contribution is 5.92. The van der Waals surface area contributed by atoms with Gasteiger partial charge < -0.3 is 9.88 Å². The number of carbonyl (C=O) groups excluding carboxylic acids is 1. The van der Waals surface area contributed by atoms with Crippen molar-refractivity contribution < 1.29 is 4.79 Å². The fraction of sp³-hybridized carbons (Fsp3) is 0.176. The lowest BCUT2D eigenvalue weighted by Gasteiger charge is -2.10. The van der Waals surface area contributed by atoms with Crippen LogP contribution >= 0.6 is 0 Å². The topological polar surface area (TPSA) is 46.9 Å². The first kappa shape index (κ1) is 14.8. The van der Waals surface area contributed by atoms with E-state index in [4.69, 9.17) is 0 Å². The Hall–Kier alpha value is -2.62. The molecule has 4 nitrogen and oxygen atoms in total. The van der Waals surface area contributed by atoms with Crippen molar-refractivity contribution >= 4 is 5.91 Å². The molecular formula is C17H19N3O. The van der Waals surface area contributed by atoms with Crippen LogP contribution in [0.4, 0.5) is 0 Å². The number of nitrogens with one attached hydrogen (secondary N) is 1. The fourth-order valence-corrected chi connectivity index (χ4v) is 2.04. The molecule has 1 aromatic heterocycles. The molecule has 0 aliphatic carbocycles. The van der Waals surface area contributed by atoms with Crippen LogP contribution in [0, 0.1) is 0 Å². The van der Waals surface area contributed by atoms with Gasteiger partial charge in [-0.2, -0.15) is 0 Å². The minimum Gasteiger partial charge on any atom is -0.347 e. The van der Waals surface area contributed by atoms with Crippen LogP contribution in [0.2, 0.25) is 0 Å². The number of nitrogens with zero attached hydrogens (tertiary/aromatic N) is 2. The highest BCUT2D eigenvalue weighted by atomic mass is 16.1. The summed E-state index contributed by atoms with van der Waals surface area (Å²) < 4.78 is 1.98. The van der Waals surface area contributed by atoms with Crippen molar-refractivity contribution in [2.45, 2.75) is 20.0 Å². The average molecular weight is 281 g/mol. The van der Waals surface area contributed by atoms with Gasteiger partial charge in [0.1, 0.15) is 0 Å². The van der Waals surface area contributed by atoms with Crippen molar-refractivity contribution in [2.24, 2.45) is 0 Å². The molecule has 0 radical (unpaired) electrons. The number of allylic oxidation sites excluding steroid dienone is 1. The number of benzene rings is 1. The lowest BCUT2D eigenvalue weighted by molar-refractivity contribution is -0.117. The van der Waals surface area contributed by atoms with E-state index in [0.29, 0.717) is 18.7 Å². The predicted molar refractivity (Wildman–Crippen MR) is 84.5 cm³/mol. The number of carbonyl (C=O) groups is 1. The van der Waals surface area contributed by atoms with Gasteiger partial charge in [0.25, 0.3) is 0 Å². The molecule has 1 amide bonds. The van der Waals surface area contributed by atoms with Crippen LogP contribution in [0.3, 0.4) is 0 Å². The molecule has 0 spiro atoms. The Balaban J connectivity index is 2.31. The molecule has 0 unspecified atom stereocenters. The van der Waals surface area contributed by atoms with Gasteiger partial charge in [-0.3, -0.25) is 4.79 Å². The fourth-order valence-electron chi connectivity index (χ4n) is 2.04. The van der Waals surface area contributed by atoms with Crippen LogP contribution in [0.25, 0.3) is 11.3 Å². The Morgan fingerprint density at radius 3 is 2.71 bits per heavy atom. The maximum Gasteiger partial charge on any atom is 0.246 e. The number of hydrogen-bond acceptors (Lipinski definition) is 2. The molecular weight excluding hydrogens is 262 g/mol. The van der Waals surface area contributed by atoms with Crippen LogP contribution in [0.1, 0.15) is 12.6 Å². The van der Waals surface area contributed by atoms with Crippen molar-refractivity contribution in [1.82, 2.24) is 14.9 Å². The van der Waals surface area contributed by atoms with E-state index in [1.54, 1.807) is 19.3 Å². The summed E-state index contributed by atoms with van der Waals surface area (Å²) in [6, 6.07) is 9.91. The standard InChI is InChI=1S/C17H19N3O/c1-4-10-20-12-19-16(14-8-6-5-7-9-14)15(20)11-18-17(21)13(2)3/h4-9,12H,1-2,10-11H2,3H3,(H,18,21). The Morgan fingerprint density at radius 2 is 2.10 bits per heavy atom. The van der Waals surface area contributed by atoms with E-state index in [0.717, 1.165) is 17.0 Å². The Morgan fingerprint density at radius 1 is 1.38 bits per heavy atom. The number of imidazole rings is 1. The zero-order valence-electron chi connectivity index (χ0n) is 12.2. The first-order valence-corrected chi connectivity index (χ1v) is 6.77. The average Bonchev–Trinajstić information content (AvgIpc) is 2.89. The van der Waals surface area contributed by atoms with Crippen molar-refractivity contribution in [2.75, 3.05) is 0 Å². The minimum atomic E-state index is -0.152. The van der Waals surface area contributed by atoms with E-state index < -0.39 is 0 Å². The summed E-state index contributed by atoms with van der Waals surface area (Å²) in [6.45, 7) is 10.1. The monoisotopic (exact) mass is 281 g/mol. The second kappa shape index (κ2) is 6.70. The van der Waals surface area contributed by atoms with E-state index >= 15 is 0 Å². The Bertz CT molecular complexity index is 656. The van der Waals surface area contributed by atoms with Gasteiger partial charge in [-0.15, -0.1) is 6.58 Å². The van der Waals surface area contributed by atoms with Gasteiger partial charge in [-0.05, 0) is 6.92 Å². The molecule has 0 atom stereocenters. The summed E-state index contributed by atoms with van der Waals surface area (Å²) >= 11 is 0. The van der Waals surface area contributed by atoms with E-state index in [-0.39, 0.29) is 5.91 Å². The van der Waals surface area contributed by atoms with E-state index in [2.05, 4.69) is 23.5 Å². The van der Waals surface area contributed by atoms with Crippen LogP contribution in [0.15, 0.2) is 61.5 Å². The van der Waals surface area contributed by atoms with Crippen LogP contribution in [-0.2, 0) is 17.9 Å². The second-order valence-corrected chi connectivity index (χ2v) is 4.81. The zero-order valence-corrected chi connectivity index (χ0v) is 12.2. The highest BCUT2D eigenvalue weighted by Crippen LogP contribution is 2.22. The van der Waals surface area contributed by atoms with Crippen molar-refractivity contribution in [3.05, 3.63) is 67.2 Å². The Kier molecular flexibility index (Phi) is 4.72. The largest absolute Gasteiger partial charge is 0.347 e. The molecule has 0 fully saturated rings. The molecule has 108 valence electrons. The van der Waals surface area contributed by atoms with E-state index in [1.807, 2.05) is 34.9 Å². The molecule has 0 aliphatic heterocycles. The van der Waals surface area contributed by atoms with E-state index in [9.17, 15) is 4.79 Å². The van der Waals surface area contributed by atoms with Crippen LogP contribution in [-0.4, -0.2) is 15.5 Å². The smallest absolute Gasteiger partial charge is 0.246 e. The zero-order chi connectivity index (χ0) is 15.2. The molecule has 1 N–H and O–H groups in total. The number of aromatic nitrogens is 2. The van der Waals surface area contributed by atoms with Gasteiger partial charge in [0.2, 0.25) is 5.91 Å². The van der Waals surface area contributed by atoms with Crippen molar-refractivity contribution in [3.8, 4) is 11.3 Å². The lowest BCUT2D eigenvalue weighted by Crippen LogP contribution is -2.24. The summed E-state index contributed by atoms with van der Waals surface area (Å²) in [6.07, 6.45) is 3.58. The minimum absolute atomic E-state index is 0.152. The maximum atomic E-state index is 11.7. The molecule has 21 heavy (non-hydrogen) atoms. The summed E-state index contributed by atoms with van der Waals surface area (Å²) in [4.78, 5) is 16.2. The first-order chi connectivity index (χ1) is 10.1. The lowest BCUT2D eigenvalue weighted by atomic mass is 10.1. The van der Waals surface area contributed by atoms with Gasteiger partial charge in [0, 0.05) is 17.7 Å². The van der Waals surface area contributed by atoms with Crippen molar-refractivity contribution in [1.29, 1.82) is 0 Å².